The Morgan fingerprint density at radius 2 is 2.26 bits per heavy atom. The molecule has 1 heterocycles. The monoisotopic (exact) mass is 305 g/mol. The third-order valence-corrected chi connectivity index (χ3v) is 4.22. The number of hydrogen-bond acceptors (Lipinski definition) is 5. The van der Waals surface area contributed by atoms with Gasteiger partial charge in [0.15, 0.2) is 0 Å². The molecule has 0 spiro atoms. The molecule has 5 nitrogen and oxygen atoms in total. The molecule has 1 saturated carbocycles. The van der Waals surface area contributed by atoms with Crippen molar-refractivity contribution in [3.05, 3.63) is 16.1 Å². The minimum absolute atomic E-state index is 0. The molecule has 1 aromatic heterocycles. The van der Waals surface area contributed by atoms with Gasteiger partial charge in [-0.2, -0.15) is 0 Å². The first kappa shape index (κ1) is 16.4. The average molecular weight is 306 g/mol. The molecule has 0 radical (unpaired) electrons. The Morgan fingerprint density at radius 3 is 2.89 bits per heavy atom. The number of nitrogens with one attached hydrogen (secondary N) is 1. The molecule has 0 bridgehead atoms. The van der Waals surface area contributed by atoms with Gasteiger partial charge in [0.1, 0.15) is 10.7 Å². The lowest BCUT2D eigenvalue weighted by Gasteiger charge is -2.27. The van der Waals surface area contributed by atoms with Crippen molar-refractivity contribution in [3.8, 4) is 0 Å². The Bertz CT molecular complexity index is 413. The van der Waals surface area contributed by atoms with Crippen molar-refractivity contribution in [1.29, 1.82) is 0 Å². The molecule has 1 fully saturated rings. The zero-order valence-corrected chi connectivity index (χ0v) is 12.3. The van der Waals surface area contributed by atoms with Crippen LogP contribution in [-0.4, -0.2) is 28.6 Å². The van der Waals surface area contributed by atoms with Gasteiger partial charge in [-0.05, 0) is 12.8 Å². The summed E-state index contributed by atoms with van der Waals surface area (Å²) in [7, 11) is 0. The highest BCUT2D eigenvalue weighted by Crippen LogP contribution is 2.23. The minimum Gasteiger partial charge on any atom is -0.393 e. The SMILES string of the molecule is Cl.NCc1nc(C(=O)NCC2CCCCC2O)cs1. The van der Waals surface area contributed by atoms with Crippen molar-refractivity contribution in [3.63, 3.8) is 0 Å². The smallest absolute Gasteiger partial charge is 0.270 e. The van der Waals surface area contributed by atoms with Crippen LogP contribution in [0.4, 0.5) is 0 Å². The van der Waals surface area contributed by atoms with E-state index in [0.717, 1.165) is 30.7 Å². The Kier molecular flexibility index (Phi) is 6.71. The second-order valence-corrected chi connectivity index (χ2v) is 5.60. The van der Waals surface area contributed by atoms with Gasteiger partial charge in [-0.15, -0.1) is 23.7 Å². The summed E-state index contributed by atoms with van der Waals surface area (Å²) < 4.78 is 0. The van der Waals surface area contributed by atoms with E-state index in [1.165, 1.54) is 11.3 Å². The van der Waals surface area contributed by atoms with Gasteiger partial charge in [0.2, 0.25) is 0 Å². The van der Waals surface area contributed by atoms with Gasteiger partial charge in [0.05, 0.1) is 6.10 Å². The summed E-state index contributed by atoms with van der Waals surface area (Å²) in [5, 5.41) is 15.1. The Hall–Kier alpha value is -0.690. The Morgan fingerprint density at radius 1 is 1.53 bits per heavy atom. The molecule has 4 N–H and O–H groups in total. The van der Waals surface area contributed by atoms with Gasteiger partial charge >= 0.3 is 0 Å². The van der Waals surface area contributed by atoms with Gasteiger partial charge in [-0.3, -0.25) is 4.79 Å². The average Bonchev–Trinajstić information content (AvgIpc) is 2.86. The molecule has 19 heavy (non-hydrogen) atoms. The first-order chi connectivity index (χ1) is 8.70. The van der Waals surface area contributed by atoms with E-state index in [1.807, 2.05) is 0 Å². The fourth-order valence-electron chi connectivity index (χ4n) is 2.25. The molecule has 108 valence electrons. The number of aliphatic hydroxyl groups excluding tert-OH is 1. The van der Waals surface area contributed by atoms with Crippen LogP contribution >= 0.6 is 23.7 Å². The Labute approximate surface area is 123 Å². The van der Waals surface area contributed by atoms with Crippen molar-refractivity contribution >= 4 is 29.7 Å². The standard InChI is InChI=1S/C12H19N3O2S.ClH/c13-5-11-15-9(7-18-11)12(17)14-6-8-3-1-2-4-10(8)16;/h7-8,10,16H,1-6,13H2,(H,14,17);1H. The van der Waals surface area contributed by atoms with E-state index >= 15 is 0 Å². The van der Waals surface area contributed by atoms with Crippen molar-refractivity contribution in [2.45, 2.75) is 38.3 Å². The summed E-state index contributed by atoms with van der Waals surface area (Å²) in [4.78, 5) is 16.0. The van der Waals surface area contributed by atoms with Crippen LogP contribution < -0.4 is 11.1 Å². The zero-order chi connectivity index (χ0) is 13.0. The minimum atomic E-state index is -0.283. The predicted molar refractivity (Wildman–Crippen MR) is 77.6 cm³/mol. The second kappa shape index (κ2) is 7.79. The molecule has 2 rings (SSSR count). The van der Waals surface area contributed by atoms with Crippen molar-refractivity contribution in [2.75, 3.05) is 6.54 Å². The third kappa shape index (κ3) is 4.42. The molecule has 7 heteroatoms. The molecule has 1 aliphatic carbocycles. The van der Waals surface area contributed by atoms with Crippen molar-refractivity contribution in [1.82, 2.24) is 10.3 Å². The Balaban J connectivity index is 0.00000180. The highest BCUT2D eigenvalue weighted by atomic mass is 35.5. The normalized spacial score (nSPS) is 22.6. The van der Waals surface area contributed by atoms with Crippen LogP contribution in [0.1, 0.15) is 41.2 Å². The van der Waals surface area contributed by atoms with Crippen molar-refractivity contribution < 1.29 is 9.90 Å². The largest absolute Gasteiger partial charge is 0.393 e. The maximum absolute atomic E-state index is 11.8. The number of amides is 1. The molecule has 1 aliphatic rings. The first-order valence-electron chi connectivity index (χ1n) is 6.31. The molecule has 2 unspecified atom stereocenters. The van der Waals surface area contributed by atoms with Gasteiger partial charge in [-0.1, -0.05) is 12.8 Å². The summed E-state index contributed by atoms with van der Waals surface area (Å²) in [6.45, 7) is 0.884. The second-order valence-electron chi connectivity index (χ2n) is 4.65. The highest BCUT2D eigenvalue weighted by molar-refractivity contribution is 7.09. The molecule has 1 aromatic rings. The third-order valence-electron chi connectivity index (χ3n) is 3.35. The van der Waals surface area contributed by atoms with E-state index in [9.17, 15) is 9.90 Å². The highest BCUT2D eigenvalue weighted by Gasteiger charge is 2.23. The van der Waals surface area contributed by atoms with E-state index < -0.39 is 0 Å². The van der Waals surface area contributed by atoms with Crippen LogP contribution in [0.3, 0.4) is 0 Å². The molecular weight excluding hydrogens is 286 g/mol. The van der Waals surface area contributed by atoms with Crippen LogP contribution in [0.25, 0.3) is 0 Å². The number of thiazole rings is 1. The zero-order valence-electron chi connectivity index (χ0n) is 10.7. The van der Waals surface area contributed by atoms with E-state index in [4.69, 9.17) is 5.73 Å². The number of carbonyl (C=O) groups excluding carboxylic acids is 1. The van der Waals surface area contributed by atoms with Crippen LogP contribution in [0, 0.1) is 5.92 Å². The number of halogens is 1. The number of hydrogen-bond donors (Lipinski definition) is 3. The van der Waals surface area contributed by atoms with Crippen LogP contribution in [0.2, 0.25) is 0 Å². The summed E-state index contributed by atoms with van der Waals surface area (Å²) in [6, 6.07) is 0. The number of aromatic nitrogens is 1. The summed E-state index contributed by atoms with van der Waals surface area (Å²) in [5.74, 6) is -0.000891. The summed E-state index contributed by atoms with van der Waals surface area (Å²) in [5.41, 5.74) is 5.88. The molecule has 0 aromatic carbocycles. The van der Waals surface area contributed by atoms with Crippen LogP contribution in [0.5, 0.6) is 0 Å². The predicted octanol–water partition coefficient (Wildman–Crippen LogP) is 1.30. The summed E-state index contributed by atoms with van der Waals surface area (Å²) >= 11 is 1.39. The maximum Gasteiger partial charge on any atom is 0.270 e. The molecule has 2 atom stereocenters. The van der Waals surface area contributed by atoms with E-state index in [-0.39, 0.29) is 30.3 Å². The fraction of sp³-hybridized carbons (Fsp3) is 0.667. The fourth-order valence-corrected chi connectivity index (χ4v) is 2.90. The van der Waals surface area contributed by atoms with Crippen molar-refractivity contribution in [2.24, 2.45) is 11.7 Å². The first-order valence-corrected chi connectivity index (χ1v) is 7.19. The van der Waals surface area contributed by atoms with Crippen LogP contribution in [-0.2, 0) is 6.54 Å². The molecule has 0 aliphatic heterocycles. The van der Waals surface area contributed by atoms with Crippen LogP contribution in [0.15, 0.2) is 5.38 Å². The lowest BCUT2D eigenvalue weighted by atomic mass is 9.86. The quantitative estimate of drug-likeness (QED) is 0.782. The van der Waals surface area contributed by atoms with E-state index in [0.29, 0.717) is 18.8 Å². The number of aliphatic hydroxyl groups is 1. The topological polar surface area (TPSA) is 88.2 Å². The van der Waals surface area contributed by atoms with Gasteiger partial charge in [0.25, 0.3) is 5.91 Å². The lowest BCUT2D eigenvalue weighted by molar-refractivity contribution is 0.0662. The summed E-state index contributed by atoms with van der Waals surface area (Å²) in [6.07, 6.45) is 3.75. The lowest BCUT2D eigenvalue weighted by Crippen LogP contribution is -2.36. The maximum atomic E-state index is 11.8. The number of carbonyl (C=O) groups is 1. The molecule has 1 amide bonds. The van der Waals surface area contributed by atoms with Gasteiger partial charge in [-0.25, -0.2) is 4.98 Å². The van der Waals surface area contributed by atoms with E-state index in [1.54, 1.807) is 5.38 Å². The number of rotatable bonds is 4. The number of nitrogens with two attached hydrogens (primary N) is 1. The number of nitrogens with zero attached hydrogens (tertiary/aromatic N) is 1. The molecular formula is C12H20ClN3O2S. The van der Waals surface area contributed by atoms with Gasteiger partial charge in [0, 0.05) is 24.4 Å². The van der Waals surface area contributed by atoms with E-state index in [2.05, 4.69) is 10.3 Å². The molecule has 0 saturated heterocycles. The van der Waals surface area contributed by atoms with Gasteiger partial charge < -0.3 is 16.2 Å².